The van der Waals surface area contributed by atoms with E-state index >= 15 is 0 Å². The summed E-state index contributed by atoms with van der Waals surface area (Å²) in [5.74, 6) is 0.852. The lowest BCUT2D eigenvalue weighted by Crippen LogP contribution is -2.39. The van der Waals surface area contributed by atoms with Gasteiger partial charge in [-0.3, -0.25) is 9.98 Å². The molecular weight excluding hydrogens is 461 g/mol. The molecule has 0 aliphatic carbocycles. The lowest BCUT2D eigenvalue weighted by molar-refractivity contribution is 0.306. The second kappa shape index (κ2) is 13.5. The Morgan fingerprint density at radius 3 is 2.39 bits per heavy atom. The first-order valence-corrected chi connectivity index (χ1v) is 9.81. The lowest BCUT2D eigenvalue weighted by Gasteiger charge is -2.24. The zero-order valence-electron chi connectivity index (χ0n) is 17.5. The maximum absolute atomic E-state index is 4.82. The molecule has 0 radical (unpaired) electrons. The molecule has 1 aromatic heterocycles. The van der Waals surface area contributed by atoms with Gasteiger partial charge in [-0.15, -0.1) is 24.0 Å². The van der Waals surface area contributed by atoms with Gasteiger partial charge in [0.25, 0.3) is 0 Å². The van der Waals surface area contributed by atoms with Crippen LogP contribution in [0.2, 0.25) is 0 Å². The molecule has 0 aliphatic heterocycles. The van der Waals surface area contributed by atoms with Crippen LogP contribution >= 0.6 is 24.0 Å². The molecule has 0 fully saturated rings. The van der Waals surface area contributed by atoms with E-state index in [1.54, 1.807) is 0 Å². The minimum absolute atomic E-state index is 0. The summed E-state index contributed by atoms with van der Waals surface area (Å²) in [4.78, 5) is 11.4. The molecule has 1 atom stereocenters. The number of rotatable bonds is 9. The summed E-state index contributed by atoms with van der Waals surface area (Å²) in [5, 5.41) is 6.75. The van der Waals surface area contributed by atoms with Gasteiger partial charge >= 0.3 is 0 Å². The molecule has 0 aliphatic rings. The van der Waals surface area contributed by atoms with Gasteiger partial charge in [-0.25, -0.2) is 0 Å². The summed E-state index contributed by atoms with van der Waals surface area (Å²) in [6.45, 7) is 6.62. The number of aromatic nitrogens is 1. The monoisotopic (exact) mass is 495 g/mol. The van der Waals surface area contributed by atoms with E-state index in [2.05, 4.69) is 72.7 Å². The fraction of sp³-hybridized carbons (Fsp3) is 0.455. The number of aliphatic imine (C=N–C) groups is 1. The molecule has 0 saturated heterocycles. The van der Waals surface area contributed by atoms with Crippen molar-refractivity contribution in [2.24, 2.45) is 4.99 Å². The van der Waals surface area contributed by atoms with Crippen molar-refractivity contribution in [3.05, 3.63) is 65.5 Å². The summed E-state index contributed by atoms with van der Waals surface area (Å²) < 4.78 is 0. The van der Waals surface area contributed by atoms with Crippen LogP contribution in [0.4, 0.5) is 0 Å². The van der Waals surface area contributed by atoms with Gasteiger partial charge in [0, 0.05) is 31.4 Å². The van der Waals surface area contributed by atoms with Crippen LogP contribution in [0.25, 0.3) is 0 Å². The van der Waals surface area contributed by atoms with Gasteiger partial charge in [-0.05, 0) is 50.7 Å². The molecule has 2 rings (SSSR count). The average molecular weight is 495 g/mol. The van der Waals surface area contributed by atoms with E-state index in [1.807, 2.05) is 24.4 Å². The lowest BCUT2D eigenvalue weighted by atomic mass is 10.0. The molecule has 6 heteroatoms. The summed E-state index contributed by atoms with van der Waals surface area (Å²) >= 11 is 0. The molecule has 1 aromatic carbocycles. The Kier molecular flexibility index (Phi) is 11.7. The predicted molar refractivity (Wildman–Crippen MR) is 130 cm³/mol. The Morgan fingerprint density at radius 1 is 1.07 bits per heavy atom. The molecule has 0 saturated carbocycles. The summed E-state index contributed by atoms with van der Waals surface area (Å²) in [6.07, 6.45) is 3.77. The SMILES string of the molecule is CCNC(=NCC(c1ccc(CC)cc1)N(C)C)NCCc1ccccn1.I. The standard InChI is InChI=1S/C22H33N5.HI/c1-5-18-10-12-19(13-11-18)21(27(3)4)17-26-22(23-6-2)25-16-14-20-9-7-8-15-24-20;/h7-13,15,21H,5-6,14,16-17H2,1-4H3,(H2,23,25,26);1H. The first-order valence-electron chi connectivity index (χ1n) is 9.81. The fourth-order valence-corrected chi connectivity index (χ4v) is 2.92. The van der Waals surface area contributed by atoms with Gasteiger partial charge in [0.15, 0.2) is 5.96 Å². The van der Waals surface area contributed by atoms with Crippen molar-refractivity contribution in [3.63, 3.8) is 0 Å². The highest BCUT2D eigenvalue weighted by Crippen LogP contribution is 2.19. The van der Waals surface area contributed by atoms with Crippen LogP contribution in [0.15, 0.2) is 53.7 Å². The zero-order valence-corrected chi connectivity index (χ0v) is 19.8. The maximum atomic E-state index is 4.82. The third kappa shape index (κ3) is 8.14. The van der Waals surface area contributed by atoms with E-state index in [1.165, 1.54) is 11.1 Å². The Bertz CT molecular complexity index is 686. The van der Waals surface area contributed by atoms with Crippen molar-refractivity contribution >= 4 is 29.9 Å². The van der Waals surface area contributed by atoms with Crippen LogP contribution in [0.5, 0.6) is 0 Å². The van der Waals surface area contributed by atoms with Crippen molar-refractivity contribution in [2.75, 3.05) is 33.7 Å². The quantitative estimate of drug-likeness (QED) is 0.317. The molecule has 28 heavy (non-hydrogen) atoms. The Hall–Kier alpha value is -1.67. The maximum Gasteiger partial charge on any atom is 0.191 e. The number of likely N-dealkylation sites (N-methyl/N-ethyl adjacent to an activating group) is 1. The number of halogens is 1. The van der Waals surface area contributed by atoms with E-state index in [4.69, 9.17) is 4.99 Å². The van der Waals surface area contributed by atoms with Gasteiger partial charge in [0.1, 0.15) is 0 Å². The summed E-state index contributed by atoms with van der Waals surface area (Å²) in [6, 6.07) is 15.1. The highest BCUT2D eigenvalue weighted by molar-refractivity contribution is 14.0. The number of hydrogen-bond donors (Lipinski definition) is 2. The fourth-order valence-electron chi connectivity index (χ4n) is 2.92. The number of pyridine rings is 1. The van der Waals surface area contributed by atoms with Crippen LogP contribution in [0.1, 0.15) is 36.7 Å². The van der Waals surface area contributed by atoms with Gasteiger partial charge in [0.05, 0.1) is 12.6 Å². The average Bonchev–Trinajstić information content (AvgIpc) is 2.69. The Balaban J connectivity index is 0.00000392. The largest absolute Gasteiger partial charge is 0.357 e. The number of benzene rings is 1. The molecule has 5 nitrogen and oxygen atoms in total. The Labute approximate surface area is 187 Å². The molecule has 0 bridgehead atoms. The van der Waals surface area contributed by atoms with Crippen LogP contribution in [-0.2, 0) is 12.8 Å². The third-order valence-electron chi connectivity index (χ3n) is 4.56. The van der Waals surface area contributed by atoms with E-state index in [0.29, 0.717) is 6.54 Å². The first-order chi connectivity index (χ1) is 13.1. The summed E-state index contributed by atoms with van der Waals surface area (Å²) in [7, 11) is 4.21. The second-order valence-electron chi connectivity index (χ2n) is 6.79. The smallest absolute Gasteiger partial charge is 0.191 e. The molecule has 2 N–H and O–H groups in total. The topological polar surface area (TPSA) is 52.6 Å². The summed E-state index contributed by atoms with van der Waals surface area (Å²) in [5.41, 5.74) is 3.75. The normalized spacial score (nSPS) is 12.4. The van der Waals surface area contributed by atoms with E-state index < -0.39 is 0 Å². The molecular formula is C22H34IN5. The highest BCUT2D eigenvalue weighted by atomic mass is 127. The van der Waals surface area contributed by atoms with Crippen molar-refractivity contribution in [3.8, 4) is 0 Å². The van der Waals surface area contributed by atoms with Gasteiger partial charge in [-0.2, -0.15) is 0 Å². The molecule has 0 amide bonds. The van der Waals surface area contributed by atoms with Crippen LogP contribution < -0.4 is 10.6 Å². The van der Waals surface area contributed by atoms with Crippen molar-refractivity contribution in [2.45, 2.75) is 32.7 Å². The first kappa shape index (κ1) is 24.4. The van der Waals surface area contributed by atoms with E-state index in [0.717, 1.165) is 37.6 Å². The minimum atomic E-state index is 0. The molecule has 1 heterocycles. The predicted octanol–water partition coefficient (Wildman–Crippen LogP) is 3.66. The van der Waals surface area contributed by atoms with Crippen LogP contribution in [0.3, 0.4) is 0 Å². The van der Waals surface area contributed by atoms with Crippen molar-refractivity contribution < 1.29 is 0 Å². The number of guanidine groups is 1. The van der Waals surface area contributed by atoms with Gasteiger partial charge in [0.2, 0.25) is 0 Å². The van der Waals surface area contributed by atoms with E-state index in [9.17, 15) is 0 Å². The third-order valence-corrected chi connectivity index (χ3v) is 4.56. The highest BCUT2D eigenvalue weighted by Gasteiger charge is 2.14. The van der Waals surface area contributed by atoms with Crippen LogP contribution in [0, 0.1) is 0 Å². The molecule has 2 aromatic rings. The zero-order chi connectivity index (χ0) is 19.5. The minimum Gasteiger partial charge on any atom is -0.357 e. The number of nitrogens with zero attached hydrogens (tertiary/aromatic N) is 3. The molecule has 0 spiro atoms. The van der Waals surface area contributed by atoms with E-state index in [-0.39, 0.29) is 30.0 Å². The van der Waals surface area contributed by atoms with Crippen LogP contribution in [-0.4, -0.2) is 49.6 Å². The van der Waals surface area contributed by atoms with Crippen molar-refractivity contribution in [1.82, 2.24) is 20.5 Å². The molecule has 1 unspecified atom stereocenters. The number of aryl methyl sites for hydroxylation is 1. The Morgan fingerprint density at radius 2 is 1.82 bits per heavy atom. The molecule has 154 valence electrons. The van der Waals surface area contributed by atoms with Gasteiger partial charge < -0.3 is 15.5 Å². The van der Waals surface area contributed by atoms with Crippen molar-refractivity contribution in [1.29, 1.82) is 0 Å². The van der Waals surface area contributed by atoms with Gasteiger partial charge in [-0.1, -0.05) is 37.3 Å². The number of hydrogen-bond acceptors (Lipinski definition) is 3. The number of nitrogens with one attached hydrogen (secondary N) is 2. The second-order valence-corrected chi connectivity index (χ2v) is 6.79.